The third kappa shape index (κ3) is 4.61. The molecule has 1 heterocycles. The molecule has 4 aromatic rings. The number of hydrogen-bond donors (Lipinski definition) is 1. The lowest BCUT2D eigenvalue weighted by Crippen LogP contribution is -2.27. The lowest BCUT2D eigenvalue weighted by molar-refractivity contribution is -0.117. The van der Waals surface area contributed by atoms with Gasteiger partial charge in [-0.3, -0.25) is 4.79 Å². The van der Waals surface area contributed by atoms with Crippen LogP contribution >= 0.6 is 11.6 Å². The Labute approximate surface area is 180 Å². The number of rotatable bonds is 6. The predicted molar refractivity (Wildman–Crippen MR) is 122 cm³/mol. The number of carbonyl (C=O) groups is 1. The molecule has 4 rings (SSSR count). The molecule has 30 heavy (non-hydrogen) atoms. The Balaban J connectivity index is 1.59. The summed E-state index contributed by atoms with van der Waals surface area (Å²) in [6.45, 7) is 2.57. The van der Waals surface area contributed by atoms with E-state index in [0.717, 1.165) is 28.0 Å². The van der Waals surface area contributed by atoms with Crippen molar-refractivity contribution in [2.45, 2.75) is 19.5 Å². The fourth-order valence-electron chi connectivity index (χ4n) is 3.47. The highest BCUT2D eigenvalue weighted by Gasteiger charge is 2.18. The number of halogens is 1. The summed E-state index contributed by atoms with van der Waals surface area (Å²) in [6, 6.07) is 25.3. The lowest BCUT2D eigenvalue weighted by Gasteiger charge is -2.16. The van der Waals surface area contributed by atoms with Gasteiger partial charge in [0, 0.05) is 17.6 Å². The lowest BCUT2D eigenvalue weighted by atomic mass is 10.2. The maximum Gasteiger partial charge on any atom is 0.244 e. The van der Waals surface area contributed by atoms with Crippen LogP contribution in [0.4, 0.5) is 0 Å². The maximum absolute atomic E-state index is 12.5. The van der Waals surface area contributed by atoms with Gasteiger partial charge in [0.1, 0.15) is 5.82 Å². The van der Waals surface area contributed by atoms with Crippen molar-refractivity contribution in [1.82, 2.24) is 14.9 Å². The number of nitrogens with one attached hydrogen (secondary N) is 1. The van der Waals surface area contributed by atoms with Crippen molar-refractivity contribution in [1.29, 1.82) is 0 Å². The van der Waals surface area contributed by atoms with E-state index in [4.69, 9.17) is 16.6 Å². The van der Waals surface area contributed by atoms with Crippen LogP contribution in [0.3, 0.4) is 0 Å². The molecule has 0 bridgehead atoms. The molecule has 5 heteroatoms. The van der Waals surface area contributed by atoms with Crippen LogP contribution in [0.1, 0.15) is 29.9 Å². The van der Waals surface area contributed by atoms with Gasteiger partial charge in [-0.15, -0.1) is 0 Å². The molecule has 0 saturated heterocycles. The summed E-state index contributed by atoms with van der Waals surface area (Å²) in [5, 5.41) is 3.73. The zero-order valence-electron chi connectivity index (χ0n) is 16.6. The Morgan fingerprint density at radius 3 is 2.63 bits per heavy atom. The number of aromatic nitrogens is 2. The second-order valence-corrected chi connectivity index (χ2v) is 7.59. The molecule has 0 aliphatic carbocycles. The quantitative estimate of drug-likeness (QED) is 0.415. The molecular weight excluding hydrogens is 394 g/mol. The molecule has 150 valence electrons. The Hall–Kier alpha value is -3.37. The third-order valence-electron chi connectivity index (χ3n) is 4.89. The number of amides is 1. The molecular formula is C25H22ClN3O. The normalized spacial score (nSPS) is 12.3. The van der Waals surface area contributed by atoms with Crippen molar-refractivity contribution in [3.05, 3.63) is 107 Å². The monoisotopic (exact) mass is 415 g/mol. The van der Waals surface area contributed by atoms with E-state index in [9.17, 15) is 4.79 Å². The van der Waals surface area contributed by atoms with Gasteiger partial charge >= 0.3 is 0 Å². The van der Waals surface area contributed by atoms with Gasteiger partial charge in [0.2, 0.25) is 5.91 Å². The second-order valence-electron chi connectivity index (χ2n) is 7.15. The SMILES string of the molecule is C[C@@H](NC(=O)/C=C/c1ccccc1)c1nc2ccccc2n1Cc1cccc(Cl)c1. The number of nitrogens with zero attached hydrogens (tertiary/aromatic N) is 2. The molecule has 0 saturated carbocycles. The van der Waals surface area contributed by atoms with Gasteiger partial charge in [-0.05, 0) is 48.4 Å². The van der Waals surface area contributed by atoms with Crippen LogP contribution in [0.25, 0.3) is 17.1 Å². The minimum absolute atomic E-state index is 0.160. The first-order valence-corrected chi connectivity index (χ1v) is 10.2. The molecule has 1 N–H and O–H groups in total. The van der Waals surface area contributed by atoms with E-state index < -0.39 is 0 Å². The fraction of sp³-hybridized carbons (Fsp3) is 0.120. The first-order valence-electron chi connectivity index (χ1n) is 9.83. The Kier molecular flexibility index (Phi) is 5.96. The van der Waals surface area contributed by atoms with Crippen LogP contribution in [-0.2, 0) is 11.3 Å². The summed E-state index contributed by atoms with van der Waals surface area (Å²) >= 11 is 6.17. The number of fused-ring (bicyclic) bond motifs is 1. The molecule has 3 aromatic carbocycles. The molecule has 0 aliphatic rings. The minimum atomic E-state index is -0.260. The van der Waals surface area contributed by atoms with Crippen molar-refractivity contribution in [3.63, 3.8) is 0 Å². The zero-order valence-corrected chi connectivity index (χ0v) is 17.4. The van der Waals surface area contributed by atoms with Crippen molar-refractivity contribution in [2.24, 2.45) is 0 Å². The molecule has 1 atom stereocenters. The maximum atomic E-state index is 12.5. The second kappa shape index (κ2) is 8.97. The highest BCUT2D eigenvalue weighted by atomic mass is 35.5. The van der Waals surface area contributed by atoms with Gasteiger partial charge in [-0.1, -0.05) is 66.2 Å². The molecule has 0 spiro atoms. The Morgan fingerprint density at radius 2 is 1.83 bits per heavy atom. The highest BCUT2D eigenvalue weighted by Crippen LogP contribution is 2.23. The van der Waals surface area contributed by atoms with Crippen molar-refractivity contribution in [3.8, 4) is 0 Å². The van der Waals surface area contributed by atoms with Gasteiger partial charge < -0.3 is 9.88 Å². The molecule has 0 unspecified atom stereocenters. The summed E-state index contributed by atoms with van der Waals surface area (Å²) in [5.74, 6) is 0.644. The van der Waals surface area contributed by atoms with E-state index >= 15 is 0 Å². The van der Waals surface area contributed by atoms with Crippen LogP contribution in [0.5, 0.6) is 0 Å². The zero-order chi connectivity index (χ0) is 20.9. The van der Waals surface area contributed by atoms with Crippen LogP contribution in [0, 0.1) is 0 Å². The van der Waals surface area contributed by atoms with Crippen LogP contribution in [-0.4, -0.2) is 15.5 Å². The number of hydrogen-bond acceptors (Lipinski definition) is 2. The highest BCUT2D eigenvalue weighted by molar-refractivity contribution is 6.30. The molecule has 4 nitrogen and oxygen atoms in total. The fourth-order valence-corrected chi connectivity index (χ4v) is 3.68. The van der Waals surface area contributed by atoms with Gasteiger partial charge in [-0.2, -0.15) is 0 Å². The number of benzene rings is 3. The van der Waals surface area contributed by atoms with Crippen LogP contribution < -0.4 is 5.32 Å². The van der Waals surface area contributed by atoms with Gasteiger partial charge in [-0.25, -0.2) is 4.98 Å². The molecule has 1 aromatic heterocycles. The van der Waals surface area contributed by atoms with Gasteiger partial charge in [0.05, 0.1) is 17.1 Å². The van der Waals surface area contributed by atoms with E-state index in [1.807, 2.05) is 85.8 Å². The number of para-hydroxylation sites is 2. The smallest absolute Gasteiger partial charge is 0.244 e. The summed E-state index contributed by atoms with van der Waals surface area (Å²) in [4.78, 5) is 17.3. The molecule has 0 radical (unpaired) electrons. The molecule has 1 amide bonds. The first kappa shape index (κ1) is 19.9. The largest absolute Gasteiger partial charge is 0.343 e. The first-order chi connectivity index (χ1) is 14.6. The van der Waals surface area contributed by atoms with E-state index in [0.29, 0.717) is 11.6 Å². The molecule has 0 aliphatic heterocycles. The number of carbonyl (C=O) groups excluding carboxylic acids is 1. The van der Waals surface area contributed by atoms with Crippen molar-refractivity contribution < 1.29 is 4.79 Å². The summed E-state index contributed by atoms with van der Waals surface area (Å²) in [5.41, 5.74) is 3.98. The van der Waals surface area contributed by atoms with E-state index in [1.54, 1.807) is 12.2 Å². The standard InChI is InChI=1S/C25H22ClN3O/c1-18(27-24(30)15-14-19-8-3-2-4-9-19)25-28-22-12-5-6-13-23(22)29(25)17-20-10-7-11-21(26)16-20/h2-16,18H,17H2,1H3,(H,27,30)/b15-14+/t18-/m1/s1. The average molecular weight is 416 g/mol. The summed E-state index contributed by atoms with van der Waals surface area (Å²) in [6.07, 6.45) is 3.35. The molecule has 0 fully saturated rings. The topological polar surface area (TPSA) is 46.9 Å². The van der Waals surface area contributed by atoms with Gasteiger partial charge in [0.25, 0.3) is 0 Å². The van der Waals surface area contributed by atoms with E-state index in [1.165, 1.54) is 0 Å². The van der Waals surface area contributed by atoms with Crippen LogP contribution in [0.2, 0.25) is 5.02 Å². The number of imidazole rings is 1. The van der Waals surface area contributed by atoms with Crippen molar-refractivity contribution >= 4 is 34.6 Å². The van der Waals surface area contributed by atoms with Crippen LogP contribution in [0.15, 0.2) is 84.9 Å². The van der Waals surface area contributed by atoms with E-state index in [-0.39, 0.29) is 11.9 Å². The minimum Gasteiger partial charge on any atom is -0.343 e. The summed E-state index contributed by atoms with van der Waals surface area (Å²) < 4.78 is 2.13. The van der Waals surface area contributed by atoms with E-state index in [2.05, 4.69) is 9.88 Å². The van der Waals surface area contributed by atoms with Crippen molar-refractivity contribution in [2.75, 3.05) is 0 Å². The average Bonchev–Trinajstić information content (AvgIpc) is 3.12. The predicted octanol–water partition coefficient (Wildman–Crippen LogP) is 5.63. The Morgan fingerprint density at radius 1 is 1.07 bits per heavy atom. The third-order valence-corrected chi connectivity index (χ3v) is 5.12. The van der Waals surface area contributed by atoms with Gasteiger partial charge in [0.15, 0.2) is 0 Å². The summed E-state index contributed by atoms with van der Waals surface area (Å²) in [7, 11) is 0. The Bertz CT molecular complexity index is 1200.